The molecule has 0 spiro atoms. The van der Waals surface area contributed by atoms with E-state index in [4.69, 9.17) is 4.74 Å². The topological polar surface area (TPSA) is 78.9 Å². The summed E-state index contributed by atoms with van der Waals surface area (Å²) in [5, 5.41) is 11.3. The quantitative estimate of drug-likeness (QED) is 0.604. The first-order valence-electron chi connectivity index (χ1n) is 8.47. The van der Waals surface area contributed by atoms with Crippen LogP contribution in [0.25, 0.3) is 0 Å². The van der Waals surface area contributed by atoms with E-state index in [-0.39, 0.29) is 24.5 Å². The van der Waals surface area contributed by atoms with Crippen molar-refractivity contribution in [3.8, 4) is 0 Å². The summed E-state index contributed by atoms with van der Waals surface area (Å²) in [6, 6.07) is 0. The van der Waals surface area contributed by atoms with Gasteiger partial charge in [-0.2, -0.15) is 13.2 Å². The number of carbonyl (C=O) groups is 2. The molecular formula is C16H27F3N2O4. The van der Waals surface area contributed by atoms with Crippen molar-refractivity contribution in [1.29, 1.82) is 0 Å². The monoisotopic (exact) mass is 368 g/mol. The van der Waals surface area contributed by atoms with Crippen LogP contribution in [-0.4, -0.2) is 68.0 Å². The van der Waals surface area contributed by atoms with Crippen molar-refractivity contribution in [3.05, 3.63) is 0 Å². The number of unbranched alkanes of at least 4 members (excludes halogenated alkanes) is 2. The number of nitrogens with zero attached hydrogens (tertiary/aromatic N) is 1. The molecule has 2 N–H and O–H groups in total. The second kappa shape index (κ2) is 9.96. The molecule has 9 heteroatoms. The Bertz CT molecular complexity index is 436. The fourth-order valence-corrected chi connectivity index (χ4v) is 2.92. The average Bonchev–Trinajstić information content (AvgIpc) is 2.57. The highest BCUT2D eigenvalue weighted by atomic mass is 19.4. The lowest BCUT2D eigenvalue weighted by atomic mass is 9.80. The predicted octanol–water partition coefficient (Wildman–Crippen LogP) is 1.47. The molecule has 0 atom stereocenters. The number of ether oxygens (including phenoxy) is 1. The molecule has 1 aliphatic rings. The van der Waals surface area contributed by atoms with Crippen LogP contribution in [0.15, 0.2) is 0 Å². The summed E-state index contributed by atoms with van der Waals surface area (Å²) < 4.78 is 41.1. The van der Waals surface area contributed by atoms with Crippen LogP contribution in [0.2, 0.25) is 0 Å². The fraction of sp³-hybridized carbons (Fsp3) is 0.875. The Hall–Kier alpha value is -1.35. The Morgan fingerprint density at radius 1 is 1.20 bits per heavy atom. The summed E-state index contributed by atoms with van der Waals surface area (Å²) in [4.78, 5) is 24.5. The zero-order valence-corrected chi connectivity index (χ0v) is 14.5. The number of carbonyl (C=O) groups excluding carboxylic acids is 2. The standard InChI is InChI=1S/C16H27F3N2O4/c1-25-12-15(11-22)6-9-21(10-7-15)13(23)5-3-2-4-8-20-14(24)16(17,18)19/h22H,2-12H2,1H3,(H,20,24). The van der Waals surface area contributed by atoms with Gasteiger partial charge in [0.2, 0.25) is 5.91 Å². The van der Waals surface area contributed by atoms with Crippen LogP contribution in [0.3, 0.4) is 0 Å². The molecule has 1 rings (SSSR count). The highest BCUT2D eigenvalue weighted by molar-refractivity contribution is 5.81. The predicted molar refractivity (Wildman–Crippen MR) is 84.7 cm³/mol. The van der Waals surface area contributed by atoms with E-state index in [1.54, 1.807) is 17.3 Å². The lowest BCUT2D eigenvalue weighted by Crippen LogP contribution is -2.46. The van der Waals surface area contributed by atoms with Gasteiger partial charge in [-0.25, -0.2) is 0 Å². The minimum absolute atomic E-state index is 0.0169. The van der Waals surface area contributed by atoms with Gasteiger partial charge in [0.15, 0.2) is 0 Å². The number of aliphatic hydroxyl groups is 1. The van der Waals surface area contributed by atoms with Gasteiger partial charge in [0.05, 0.1) is 13.2 Å². The van der Waals surface area contributed by atoms with Gasteiger partial charge >= 0.3 is 12.1 Å². The van der Waals surface area contributed by atoms with E-state index in [0.29, 0.717) is 58.2 Å². The number of piperidine rings is 1. The number of halogens is 3. The first-order chi connectivity index (χ1) is 11.7. The van der Waals surface area contributed by atoms with Crippen molar-refractivity contribution in [1.82, 2.24) is 10.2 Å². The number of hydrogen-bond donors (Lipinski definition) is 2. The van der Waals surface area contributed by atoms with Gasteiger partial charge in [0, 0.05) is 38.6 Å². The SMILES string of the molecule is COCC1(CO)CCN(C(=O)CCCCCNC(=O)C(F)(F)F)CC1. The van der Waals surface area contributed by atoms with Crippen LogP contribution in [0.1, 0.15) is 38.5 Å². The number of hydrogen-bond acceptors (Lipinski definition) is 4. The molecule has 6 nitrogen and oxygen atoms in total. The Morgan fingerprint density at radius 3 is 2.36 bits per heavy atom. The van der Waals surface area contributed by atoms with Gasteiger partial charge < -0.3 is 20.1 Å². The van der Waals surface area contributed by atoms with E-state index < -0.39 is 12.1 Å². The van der Waals surface area contributed by atoms with E-state index >= 15 is 0 Å². The van der Waals surface area contributed by atoms with E-state index in [2.05, 4.69) is 0 Å². The molecule has 0 bridgehead atoms. The zero-order valence-electron chi connectivity index (χ0n) is 14.5. The maximum atomic E-state index is 12.1. The first-order valence-corrected chi connectivity index (χ1v) is 8.47. The molecule has 25 heavy (non-hydrogen) atoms. The smallest absolute Gasteiger partial charge is 0.396 e. The zero-order chi connectivity index (χ0) is 18.9. The lowest BCUT2D eigenvalue weighted by molar-refractivity contribution is -0.173. The van der Waals surface area contributed by atoms with E-state index in [9.17, 15) is 27.9 Å². The summed E-state index contributed by atoms with van der Waals surface area (Å²) in [7, 11) is 1.59. The summed E-state index contributed by atoms with van der Waals surface area (Å²) in [5.41, 5.74) is -0.276. The van der Waals surface area contributed by atoms with Crippen molar-refractivity contribution < 1.29 is 32.6 Å². The molecule has 0 aliphatic carbocycles. The molecule has 146 valence electrons. The van der Waals surface area contributed by atoms with Gasteiger partial charge in [-0.05, 0) is 25.7 Å². The molecule has 0 saturated carbocycles. The van der Waals surface area contributed by atoms with E-state index in [1.807, 2.05) is 0 Å². The van der Waals surface area contributed by atoms with Crippen molar-refractivity contribution in [2.75, 3.05) is 40.0 Å². The molecule has 0 aromatic rings. The normalized spacial score (nSPS) is 17.4. The third kappa shape index (κ3) is 7.19. The van der Waals surface area contributed by atoms with Crippen LogP contribution >= 0.6 is 0 Å². The third-order valence-electron chi connectivity index (χ3n) is 4.57. The third-order valence-corrected chi connectivity index (χ3v) is 4.57. The largest absolute Gasteiger partial charge is 0.471 e. The molecule has 0 aromatic carbocycles. The van der Waals surface area contributed by atoms with Crippen LogP contribution in [0.5, 0.6) is 0 Å². The molecule has 0 aromatic heterocycles. The van der Waals surface area contributed by atoms with E-state index in [1.165, 1.54) is 0 Å². The number of aliphatic hydroxyl groups excluding tert-OH is 1. The molecule has 2 amide bonds. The summed E-state index contributed by atoms with van der Waals surface area (Å²) in [5.74, 6) is -1.91. The molecule has 1 heterocycles. The van der Waals surface area contributed by atoms with Crippen molar-refractivity contribution in [3.63, 3.8) is 0 Å². The highest BCUT2D eigenvalue weighted by Gasteiger charge is 2.38. The second-order valence-corrected chi connectivity index (χ2v) is 6.54. The van der Waals surface area contributed by atoms with Crippen molar-refractivity contribution >= 4 is 11.8 Å². The number of nitrogens with one attached hydrogen (secondary N) is 1. The summed E-state index contributed by atoms with van der Waals surface area (Å²) in [6.07, 6.45) is -1.60. The summed E-state index contributed by atoms with van der Waals surface area (Å²) >= 11 is 0. The molecule has 0 unspecified atom stereocenters. The minimum atomic E-state index is -4.85. The summed E-state index contributed by atoms with van der Waals surface area (Å²) in [6.45, 7) is 1.60. The van der Waals surface area contributed by atoms with Crippen LogP contribution < -0.4 is 5.32 Å². The lowest BCUT2D eigenvalue weighted by Gasteiger charge is -2.40. The molecule has 0 radical (unpaired) electrons. The van der Waals surface area contributed by atoms with Gasteiger partial charge in [0.25, 0.3) is 0 Å². The van der Waals surface area contributed by atoms with Crippen LogP contribution in [0.4, 0.5) is 13.2 Å². The second-order valence-electron chi connectivity index (χ2n) is 6.54. The number of methoxy groups -OCH3 is 1. The average molecular weight is 368 g/mol. The molecule has 1 aliphatic heterocycles. The fourth-order valence-electron chi connectivity index (χ4n) is 2.92. The highest BCUT2D eigenvalue weighted by Crippen LogP contribution is 2.31. The Kier molecular flexibility index (Phi) is 8.64. The number of rotatable bonds is 9. The Labute approximate surface area is 145 Å². The number of alkyl halides is 3. The minimum Gasteiger partial charge on any atom is -0.396 e. The number of likely N-dealkylation sites (tertiary alicyclic amines) is 1. The van der Waals surface area contributed by atoms with E-state index in [0.717, 1.165) is 0 Å². The first kappa shape index (κ1) is 21.7. The van der Waals surface area contributed by atoms with Crippen LogP contribution in [0, 0.1) is 5.41 Å². The number of amides is 2. The maximum absolute atomic E-state index is 12.1. The maximum Gasteiger partial charge on any atom is 0.471 e. The van der Waals surface area contributed by atoms with Crippen molar-refractivity contribution in [2.45, 2.75) is 44.7 Å². The van der Waals surface area contributed by atoms with Gasteiger partial charge in [0.1, 0.15) is 0 Å². The van der Waals surface area contributed by atoms with Gasteiger partial charge in [-0.3, -0.25) is 9.59 Å². The molecule has 1 saturated heterocycles. The van der Waals surface area contributed by atoms with Gasteiger partial charge in [-0.15, -0.1) is 0 Å². The van der Waals surface area contributed by atoms with Crippen molar-refractivity contribution in [2.24, 2.45) is 5.41 Å². The van der Waals surface area contributed by atoms with Crippen LogP contribution in [-0.2, 0) is 14.3 Å². The Balaban J connectivity index is 2.17. The Morgan fingerprint density at radius 2 is 1.84 bits per heavy atom. The van der Waals surface area contributed by atoms with Gasteiger partial charge in [-0.1, -0.05) is 6.42 Å². The molecular weight excluding hydrogens is 341 g/mol. The molecule has 1 fully saturated rings.